The molecule has 1 N–H and O–H groups in total. The summed E-state index contributed by atoms with van der Waals surface area (Å²) in [4.78, 5) is 24.9. The number of nitriles is 1. The van der Waals surface area contributed by atoms with Crippen molar-refractivity contribution in [2.45, 2.75) is 0 Å². The molecule has 1 aromatic heterocycles. The first kappa shape index (κ1) is 9.21. The maximum Gasteiger partial charge on any atom is 0.328 e. The van der Waals surface area contributed by atoms with E-state index in [1.54, 1.807) is 19.2 Å². The first-order chi connectivity index (χ1) is 7.13. The largest absolute Gasteiger partial charge is 0.328 e. The third-order valence-electron chi connectivity index (χ3n) is 2.26. The van der Waals surface area contributed by atoms with Crippen LogP contribution in [0.1, 0.15) is 5.56 Å². The second-order valence-electron chi connectivity index (χ2n) is 3.16. The number of aryl methyl sites for hydroxylation is 1. The van der Waals surface area contributed by atoms with Crippen molar-refractivity contribution < 1.29 is 0 Å². The van der Waals surface area contributed by atoms with Crippen LogP contribution in [-0.2, 0) is 7.05 Å². The number of nitrogens with one attached hydrogen (secondary N) is 1. The number of hydrogen-bond acceptors (Lipinski definition) is 3. The number of fused-ring (bicyclic) bond motifs is 1. The molecule has 0 saturated heterocycles. The van der Waals surface area contributed by atoms with Gasteiger partial charge in [-0.05, 0) is 18.2 Å². The Balaban J connectivity index is 3.05. The van der Waals surface area contributed by atoms with E-state index in [-0.39, 0.29) is 0 Å². The molecule has 1 aromatic carbocycles. The summed E-state index contributed by atoms with van der Waals surface area (Å²) in [6, 6.07) is 6.56. The third kappa shape index (κ3) is 1.32. The molecule has 0 fully saturated rings. The van der Waals surface area contributed by atoms with Gasteiger partial charge in [-0.3, -0.25) is 14.3 Å². The zero-order valence-corrected chi connectivity index (χ0v) is 7.94. The summed E-state index contributed by atoms with van der Waals surface area (Å²) in [6.07, 6.45) is 0. The van der Waals surface area contributed by atoms with Crippen LogP contribution in [0.25, 0.3) is 10.9 Å². The molecule has 0 saturated carbocycles. The Labute approximate surface area is 84.2 Å². The van der Waals surface area contributed by atoms with Crippen LogP contribution in [0.2, 0.25) is 0 Å². The van der Waals surface area contributed by atoms with Gasteiger partial charge in [-0.2, -0.15) is 5.26 Å². The number of aromatic nitrogens is 2. The van der Waals surface area contributed by atoms with Gasteiger partial charge >= 0.3 is 5.69 Å². The first-order valence-electron chi connectivity index (χ1n) is 4.26. The van der Waals surface area contributed by atoms with E-state index in [1.165, 1.54) is 10.6 Å². The van der Waals surface area contributed by atoms with E-state index < -0.39 is 11.2 Å². The highest BCUT2D eigenvalue weighted by Crippen LogP contribution is 2.08. The Kier molecular flexibility index (Phi) is 1.90. The van der Waals surface area contributed by atoms with Crippen LogP contribution in [0.15, 0.2) is 27.8 Å². The maximum atomic E-state index is 11.4. The van der Waals surface area contributed by atoms with E-state index in [2.05, 4.69) is 4.98 Å². The van der Waals surface area contributed by atoms with Gasteiger partial charge in [0.25, 0.3) is 5.56 Å². The number of H-pyrrole nitrogens is 1. The van der Waals surface area contributed by atoms with Crippen LogP contribution in [0.4, 0.5) is 0 Å². The van der Waals surface area contributed by atoms with Gasteiger partial charge in [-0.1, -0.05) is 0 Å². The summed E-state index contributed by atoms with van der Waals surface area (Å²) in [5.41, 5.74) is -0.0168. The van der Waals surface area contributed by atoms with Crippen molar-refractivity contribution in [3.05, 3.63) is 44.6 Å². The van der Waals surface area contributed by atoms with E-state index in [0.717, 1.165) is 0 Å². The van der Waals surface area contributed by atoms with Crippen molar-refractivity contribution in [1.29, 1.82) is 5.26 Å². The van der Waals surface area contributed by atoms with Gasteiger partial charge in [-0.15, -0.1) is 0 Å². The molecule has 0 atom stereocenters. The summed E-state index contributed by atoms with van der Waals surface area (Å²) < 4.78 is 1.33. The van der Waals surface area contributed by atoms with E-state index >= 15 is 0 Å². The summed E-state index contributed by atoms with van der Waals surface area (Å²) in [5.74, 6) is 0. The highest BCUT2D eigenvalue weighted by molar-refractivity contribution is 5.79. The lowest BCUT2D eigenvalue weighted by molar-refractivity contribution is 0.843. The highest BCUT2D eigenvalue weighted by Gasteiger charge is 2.04. The van der Waals surface area contributed by atoms with Crippen LogP contribution in [0.3, 0.4) is 0 Å². The van der Waals surface area contributed by atoms with Crippen LogP contribution >= 0.6 is 0 Å². The van der Waals surface area contributed by atoms with Gasteiger partial charge in [0, 0.05) is 7.05 Å². The van der Waals surface area contributed by atoms with E-state index in [1.807, 2.05) is 6.07 Å². The molecular formula is C10H7N3O2. The molecule has 5 nitrogen and oxygen atoms in total. The van der Waals surface area contributed by atoms with Crippen LogP contribution in [-0.4, -0.2) is 9.55 Å². The molecule has 0 aliphatic heterocycles. The molecule has 74 valence electrons. The van der Waals surface area contributed by atoms with Crippen molar-refractivity contribution in [2.24, 2.45) is 7.05 Å². The number of aromatic amines is 1. The van der Waals surface area contributed by atoms with Gasteiger partial charge in [0.1, 0.15) is 0 Å². The number of rotatable bonds is 0. The molecule has 0 radical (unpaired) electrons. The van der Waals surface area contributed by atoms with E-state index in [4.69, 9.17) is 5.26 Å². The minimum Gasteiger partial charge on any atom is -0.296 e. The average molecular weight is 201 g/mol. The molecule has 0 amide bonds. The molecule has 5 heteroatoms. The second kappa shape index (κ2) is 3.10. The van der Waals surface area contributed by atoms with E-state index in [9.17, 15) is 9.59 Å². The monoisotopic (exact) mass is 201 g/mol. The first-order valence-corrected chi connectivity index (χ1v) is 4.26. The normalized spacial score (nSPS) is 10.1. The van der Waals surface area contributed by atoms with Crippen molar-refractivity contribution in [1.82, 2.24) is 9.55 Å². The lowest BCUT2D eigenvalue weighted by Crippen LogP contribution is -2.28. The fraction of sp³-hybridized carbons (Fsp3) is 0.100. The lowest BCUT2D eigenvalue weighted by Gasteiger charge is -2.02. The Morgan fingerprint density at radius 1 is 1.40 bits per heavy atom. The second-order valence-corrected chi connectivity index (χ2v) is 3.16. The quantitative estimate of drug-likeness (QED) is 0.656. The predicted molar refractivity (Wildman–Crippen MR) is 54.5 cm³/mol. The molecule has 2 aromatic rings. The molecule has 2 rings (SSSR count). The van der Waals surface area contributed by atoms with Gasteiger partial charge < -0.3 is 0 Å². The SMILES string of the molecule is Cn1c(=O)[nH]c(=O)c2cc(C#N)ccc21. The number of nitrogens with zero attached hydrogens (tertiary/aromatic N) is 2. The standard InChI is InChI=1S/C10H7N3O2/c1-13-8-3-2-6(5-11)4-7(8)9(14)12-10(13)15/h2-4H,1H3,(H,12,14,15). The summed E-state index contributed by atoms with van der Waals surface area (Å²) in [5, 5.41) is 9.02. The Morgan fingerprint density at radius 3 is 2.80 bits per heavy atom. The Hall–Kier alpha value is -2.35. The van der Waals surface area contributed by atoms with E-state index in [0.29, 0.717) is 16.5 Å². The summed E-state index contributed by atoms with van der Waals surface area (Å²) in [6.45, 7) is 0. The molecule has 0 aliphatic rings. The van der Waals surface area contributed by atoms with Crippen molar-refractivity contribution in [2.75, 3.05) is 0 Å². The van der Waals surface area contributed by atoms with Crippen LogP contribution in [0, 0.1) is 11.3 Å². The molecule has 0 bridgehead atoms. The van der Waals surface area contributed by atoms with Crippen LogP contribution in [0.5, 0.6) is 0 Å². The molecule has 15 heavy (non-hydrogen) atoms. The van der Waals surface area contributed by atoms with Gasteiger partial charge in [0.15, 0.2) is 0 Å². The Morgan fingerprint density at radius 2 is 2.13 bits per heavy atom. The maximum absolute atomic E-state index is 11.4. The summed E-state index contributed by atoms with van der Waals surface area (Å²) >= 11 is 0. The number of hydrogen-bond donors (Lipinski definition) is 1. The lowest BCUT2D eigenvalue weighted by atomic mass is 10.1. The predicted octanol–water partition coefficient (Wildman–Crippen LogP) is 0.0985. The highest BCUT2D eigenvalue weighted by atomic mass is 16.2. The zero-order chi connectivity index (χ0) is 11.0. The van der Waals surface area contributed by atoms with Crippen molar-refractivity contribution in [3.8, 4) is 6.07 Å². The minimum atomic E-state index is -0.467. The molecule has 1 heterocycles. The fourth-order valence-corrected chi connectivity index (χ4v) is 1.44. The molecular weight excluding hydrogens is 194 g/mol. The molecule has 0 aliphatic carbocycles. The summed E-state index contributed by atoms with van der Waals surface area (Å²) in [7, 11) is 1.56. The topological polar surface area (TPSA) is 78.7 Å². The van der Waals surface area contributed by atoms with Crippen molar-refractivity contribution in [3.63, 3.8) is 0 Å². The van der Waals surface area contributed by atoms with Gasteiger partial charge in [0.05, 0.1) is 22.5 Å². The van der Waals surface area contributed by atoms with Crippen LogP contribution < -0.4 is 11.2 Å². The number of benzene rings is 1. The van der Waals surface area contributed by atoms with Crippen molar-refractivity contribution >= 4 is 10.9 Å². The minimum absolute atomic E-state index is 0.344. The Bertz CT molecular complexity index is 688. The third-order valence-corrected chi connectivity index (χ3v) is 2.26. The zero-order valence-electron chi connectivity index (χ0n) is 7.94. The molecule has 0 unspecified atom stereocenters. The fourth-order valence-electron chi connectivity index (χ4n) is 1.44. The molecule has 0 spiro atoms. The van der Waals surface area contributed by atoms with Gasteiger partial charge in [0.2, 0.25) is 0 Å². The average Bonchev–Trinajstić information content (AvgIpc) is 2.25. The van der Waals surface area contributed by atoms with Gasteiger partial charge in [-0.25, -0.2) is 4.79 Å². The smallest absolute Gasteiger partial charge is 0.296 e.